The summed E-state index contributed by atoms with van der Waals surface area (Å²) in [6.45, 7) is 1.97. The summed E-state index contributed by atoms with van der Waals surface area (Å²) in [6, 6.07) is 1.86. The van der Waals surface area contributed by atoms with Gasteiger partial charge in [0.2, 0.25) is 0 Å². The van der Waals surface area contributed by atoms with Crippen molar-refractivity contribution in [2.45, 2.75) is 18.9 Å². The predicted molar refractivity (Wildman–Crippen MR) is 48.9 cm³/mol. The Labute approximate surface area is 78.7 Å². The van der Waals surface area contributed by atoms with Crippen molar-refractivity contribution >= 4 is 5.91 Å². The Hall–Kier alpha value is -1.08. The van der Waals surface area contributed by atoms with Crippen LogP contribution in [0.15, 0.2) is 0 Å². The van der Waals surface area contributed by atoms with Gasteiger partial charge in [-0.25, -0.2) is 0 Å². The maximum Gasteiger partial charge on any atom is 0.324 e. The smallest absolute Gasteiger partial charge is 0.324 e. The molecule has 1 saturated heterocycles. The van der Waals surface area contributed by atoms with E-state index < -0.39 is 5.91 Å². The number of hydrogen-bond donors (Lipinski definition) is 0. The summed E-state index contributed by atoms with van der Waals surface area (Å²) >= 11 is 0. The molecule has 4 nitrogen and oxygen atoms in total. The lowest BCUT2D eigenvalue weighted by molar-refractivity contribution is -0.126. The summed E-state index contributed by atoms with van der Waals surface area (Å²) in [5.41, 5.74) is 0. The number of nitrogens with zero attached hydrogens (tertiary/aromatic N) is 3. The lowest BCUT2D eigenvalue weighted by Crippen LogP contribution is -2.46. The molecule has 1 aliphatic rings. The summed E-state index contributed by atoms with van der Waals surface area (Å²) in [5, 5.41) is 8.45. The molecule has 1 unspecified atom stereocenters. The number of likely N-dealkylation sites (N-methyl/N-ethyl adjacent to an activating group) is 2. The molecule has 13 heavy (non-hydrogen) atoms. The molecule has 0 aromatic carbocycles. The number of rotatable bonds is 1. The summed E-state index contributed by atoms with van der Waals surface area (Å²) in [6.07, 6.45) is 2.11. The van der Waals surface area contributed by atoms with Crippen molar-refractivity contribution in [3.05, 3.63) is 0 Å². The third kappa shape index (κ3) is 2.43. The number of nitriles is 1. The molecule has 0 radical (unpaired) electrons. The molecular weight excluding hydrogens is 166 g/mol. The Morgan fingerprint density at radius 3 is 2.92 bits per heavy atom. The lowest BCUT2D eigenvalue weighted by atomic mass is 10.1. The van der Waals surface area contributed by atoms with Crippen molar-refractivity contribution in [1.82, 2.24) is 9.80 Å². The van der Waals surface area contributed by atoms with Gasteiger partial charge in [-0.3, -0.25) is 4.79 Å². The molecule has 1 atom stereocenters. The van der Waals surface area contributed by atoms with Crippen molar-refractivity contribution in [2.75, 3.05) is 27.2 Å². The Balaban J connectivity index is 2.51. The van der Waals surface area contributed by atoms with Gasteiger partial charge in [-0.05, 0) is 26.4 Å². The molecule has 0 saturated carbocycles. The van der Waals surface area contributed by atoms with Gasteiger partial charge in [0.05, 0.1) is 0 Å². The summed E-state index contributed by atoms with van der Waals surface area (Å²) in [4.78, 5) is 14.8. The fraction of sp³-hybridized carbons (Fsp3) is 0.778. The van der Waals surface area contributed by atoms with E-state index in [1.165, 1.54) is 0 Å². The van der Waals surface area contributed by atoms with Crippen LogP contribution in [0.4, 0.5) is 0 Å². The van der Waals surface area contributed by atoms with Crippen LogP contribution in [0.3, 0.4) is 0 Å². The summed E-state index contributed by atoms with van der Waals surface area (Å²) in [7, 11) is 3.74. The zero-order valence-electron chi connectivity index (χ0n) is 8.16. The van der Waals surface area contributed by atoms with E-state index in [4.69, 9.17) is 5.26 Å². The highest BCUT2D eigenvalue weighted by Gasteiger charge is 2.23. The third-order valence-corrected chi connectivity index (χ3v) is 2.56. The van der Waals surface area contributed by atoms with Crippen LogP contribution in [0.1, 0.15) is 12.8 Å². The van der Waals surface area contributed by atoms with E-state index in [2.05, 4.69) is 4.90 Å². The van der Waals surface area contributed by atoms with E-state index in [0.717, 1.165) is 25.9 Å². The SMILES string of the molecule is CN1CCCC(N(C)C(=O)C#N)C1. The van der Waals surface area contributed by atoms with Gasteiger partial charge in [0, 0.05) is 19.6 Å². The summed E-state index contributed by atoms with van der Waals surface area (Å²) < 4.78 is 0. The van der Waals surface area contributed by atoms with E-state index in [-0.39, 0.29) is 6.04 Å². The molecule has 1 heterocycles. The Kier molecular flexibility index (Phi) is 3.26. The first-order valence-electron chi connectivity index (χ1n) is 4.50. The van der Waals surface area contributed by atoms with Gasteiger partial charge in [-0.2, -0.15) is 5.26 Å². The first-order chi connectivity index (χ1) is 6.15. The molecule has 72 valence electrons. The number of hydrogen-bond acceptors (Lipinski definition) is 3. The Morgan fingerprint density at radius 2 is 2.38 bits per heavy atom. The molecule has 0 aliphatic carbocycles. The van der Waals surface area contributed by atoms with Gasteiger partial charge < -0.3 is 9.80 Å². The van der Waals surface area contributed by atoms with Gasteiger partial charge >= 0.3 is 5.91 Å². The average molecular weight is 181 g/mol. The van der Waals surface area contributed by atoms with Gasteiger partial charge in [0.25, 0.3) is 0 Å². The predicted octanol–water partition coefficient (Wildman–Crippen LogP) is 0.0626. The highest BCUT2D eigenvalue weighted by Crippen LogP contribution is 2.12. The highest BCUT2D eigenvalue weighted by atomic mass is 16.2. The molecule has 1 aliphatic heterocycles. The van der Waals surface area contributed by atoms with Gasteiger partial charge in [-0.1, -0.05) is 0 Å². The number of carbonyl (C=O) groups excluding carboxylic acids is 1. The molecule has 1 rings (SSSR count). The van der Waals surface area contributed by atoms with Gasteiger partial charge in [-0.15, -0.1) is 0 Å². The van der Waals surface area contributed by atoms with Crippen LogP contribution >= 0.6 is 0 Å². The minimum atomic E-state index is -0.430. The fourth-order valence-electron chi connectivity index (χ4n) is 1.70. The number of likely N-dealkylation sites (tertiary alicyclic amines) is 1. The van der Waals surface area contributed by atoms with Crippen LogP contribution in [-0.2, 0) is 4.79 Å². The normalized spacial score (nSPS) is 23.6. The van der Waals surface area contributed by atoms with E-state index in [0.29, 0.717) is 0 Å². The number of carbonyl (C=O) groups is 1. The summed E-state index contributed by atoms with van der Waals surface area (Å²) in [5.74, 6) is -0.430. The van der Waals surface area contributed by atoms with Crippen molar-refractivity contribution in [1.29, 1.82) is 5.26 Å². The van der Waals surface area contributed by atoms with Crippen molar-refractivity contribution in [3.8, 4) is 6.07 Å². The molecular formula is C9H15N3O. The van der Waals surface area contributed by atoms with E-state index in [1.807, 2.05) is 7.05 Å². The second-order valence-corrected chi connectivity index (χ2v) is 3.59. The zero-order chi connectivity index (χ0) is 9.84. The molecule has 0 spiro atoms. The van der Waals surface area contributed by atoms with Gasteiger partial charge in [0.1, 0.15) is 0 Å². The van der Waals surface area contributed by atoms with Crippen molar-refractivity contribution in [2.24, 2.45) is 0 Å². The maximum absolute atomic E-state index is 11.1. The topological polar surface area (TPSA) is 47.3 Å². The first kappa shape index (κ1) is 10.0. The molecule has 0 aromatic heterocycles. The molecule has 0 bridgehead atoms. The molecule has 1 amide bonds. The lowest BCUT2D eigenvalue weighted by Gasteiger charge is -2.34. The number of amides is 1. The van der Waals surface area contributed by atoms with Crippen LogP contribution < -0.4 is 0 Å². The first-order valence-corrected chi connectivity index (χ1v) is 4.50. The largest absolute Gasteiger partial charge is 0.329 e. The minimum absolute atomic E-state index is 0.214. The molecule has 0 N–H and O–H groups in total. The number of piperidine rings is 1. The second kappa shape index (κ2) is 4.24. The molecule has 0 aromatic rings. The molecule has 1 fully saturated rings. The fourth-order valence-corrected chi connectivity index (χ4v) is 1.70. The third-order valence-electron chi connectivity index (χ3n) is 2.56. The highest BCUT2D eigenvalue weighted by molar-refractivity contribution is 5.91. The van der Waals surface area contributed by atoms with Crippen LogP contribution in [0.25, 0.3) is 0 Å². The van der Waals surface area contributed by atoms with E-state index in [9.17, 15) is 4.79 Å². The quantitative estimate of drug-likeness (QED) is 0.537. The Bertz CT molecular complexity index is 234. The standard InChI is InChI=1S/C9H15N3O/c1-11-5-3-4-8(7-11)12(2)9(13)6-10/h8H,3-5,7H2,1-2H3. The monoisotopic (exact) mass is 181 g/mol. The zero-order valence-corrected chi connectivity index (χ0v) is 8.16. The minimum Gasteiger partial charge on any atom is -0.329 e. The van der Waals surface area contributed by atoms with E-state index >= 15 is 0 Å². The van der Waals surface area contributed by atoms with Crippen LogP contribution in [0, 0.1) is 11.3 Å². The Morgan fingerprint density at radius 1 is 1.69 bits per heavy atom. The maximum atomic E-state index is 11.1. The van der Waals surface area contributed by atoms with Crippen molar-refractivity contribution in [3.63, 3.8) is 0 Å². The van der Waals surface area contributed by atoms with Crippen LogP contribution in [0.5, 0.6) is 0 Å². The second-order valence-electron chi connectivity index (χ2n) is 3.59. The van der Waals surface area contributed by atoms with Gasteiger partial charge in [0.15, 0.2) is 6.07 Å². The van der Waals surface area contributed by atoms with E-state index in [1.54, 1.807) is 18.0 Å². The van der Waals surface area contributed by atoms with Crippen LogP contribution in [-0.4, -0.2) is 48.9 Å². The van der Waals surface area contributed by atoms with Crippen molar-refractivity contribution < 1.29 is 4.79 Å². The average Bonchev–Trinajstić information content (AvgIpc) is 2.15. The molecule has 4 heteroatoms. The van der Waals surface area contributed by atoms with Crippen LogP contribution in [0.2, 0.25) is 0 Å².